The molecule has 0 heterocycles. The third-order valence-electron chi connectivity index (χ3n) is 2.16. The van der Waals surface area contributed by atoms with Crippen molar-refractivity contribution in [3.05, 3.63) is 35.4 Å². The highest BCUT2D eigenvalue weighted by molar-refractivity contribution is 5.95. The van der Waals surface area contributed by atoms with Crippen LogP contribution in [0.25, 0.3) is 0 Å². The Labute approximate surface area is 111 Å². The Bertz CT molecular complexity index is 496. The predicted octanol–water partition coefficient (Wildman–Crippen LogP) is 0.323. The molecular formula is C14H15NO4. The Morgan fingerprint density at radius 2 is 2.00 bits per heavy atom. The van der Waals surface area contributed by atoms with Gasteiger partial charge >= 0.3 is 5.97 Å². The van der Waals surface area contributed by atoms with Gasteiger partial charge in [0.15, 0.2) is 0 Å². The summed E-state index contributed by atoms with van der Waals surface area (Å²) in [7, 11) is 0. The average Bonchev–Trinajstić information content (AvgIpc) is 2.43. The maximum Gasteiger partial charge on any atom is 0.325 e. The van der Waals surface area contributed by atoms with Crippen molar-refractivity contribution in [1.82, 2.24) is 5.32 Å². The molecule has 1 aromatic carbocycles. The Morgan fingerprint density at radius 1 is 1.32 bits per heavy atom. The fourth-order valence-corrected chi connectivity index (χ4v) is 1.31. The second kappa shape index (κ2) is 7.90. The van der Waals surface area contributed by atoms with E-state index in [9.17, 15) is 9.59 Å². The number of rotatable bonds is 4. The maximum atomic E-state index is 11.7. The van der Waals surface area contributed by atoms with Gasteiger partial charge in [0.2, 0.25) is 0 Å². The van der Waals surface area contributed by atoms with E-state index in [1.54, 1.807) is 31.2 Å². The molecule has 0 atom stereocenters. The Morgan fingerprint density at radius 3 is 2.58 bits per heavy atom. The van der Waals surface area contributed by atoms with Crippen molar-refractivity contribution < 1.29 is 19.4 Å². The molecule has 0 aliphatic rings. The minimum Gasteiger partial charge on any atom is -0.465 e. The molecule has 0 aliphatic carbocycles. The summed E-state index contributed by atoms with van der Waals surface area (Å²) in [5.74, 6) is 4.41. The van der Waals surface area contributed by atoms with Crippen LogP contribution in [0.15, 0.2) is 24.3 Å². The molecule has 0 aromatic heterocycles. The highest BCUT2D eigenvalue weighted by Gasteiger charge is 2.07. The molecule has 0 saturated carbocycles. The third-order valence-corrected chi connectivity index (χ3v) is 2.16. The maximum absolute atomic E-state index is 11.7. The van der Waals surface area contributed by atoms with Crippen LogP contribution in [0.5, 0.6) is 0 Å². The zero-order chi connectivity index (χ0) is 14.1. The van der Waals surface area contributed by atoms with Gasteiger partial charge in [0.25, 0.3) is 5.91 Å². The summed E-state index contributed by atoms with van der Waals surface area (Å²) in [6.07, 6.45) is 0. The van der Waals surface area contributed by atoms with E-state index >= 15 is 0 Å². The van der Waals surface area contributed by atoms with Gasteiger partial charge in [-0.25, -0.2) is 0 Å². The van der Waals surface area contributed by atoms with Crippen LogP contribution in [0.2, 0.25) is 0 Å². The van der Waals surface area contributed by atoms with Crippen LogP contribution in [0.1, 0.15) is 22.8 Å². The molecule has 1 amide bonds. The summed E-state index contributed by atoms with van der Waals surface area (Å²) in [5, 5.41) is 11.0. The summed E-state index contributed by atoms with van der Waals surface area (Å²) in [5.41, 5.74) is 1.13. The number of hydrogen-bond acceptors (Lipinski definition) is 4. The minimum absolute atomic E-state index is 0.154. The summed E-state index contributed by atoms with van der Waals surface area (Å²) < 4.78 is 4.70. The third kappa shape index (κ3) is 5.23. The number of benzene rings is 1. The lowest BCUT2D eigenvalue weighted by Gasteiger charge is -2.04. The van der Waals surface area contributed by atoms with Crippen LogP contribution in [0.4, 0.5) is 0 Å². The van der Waals surface area contributed by atoms with Gasteiger partial charge in [-0.15, -0.1) is 0 Å². The number of amides is 1. The molecule has 0 aliphatic heterocycles. The lowest BCUT2D eigenvalue weighted by atomic mass is 10.1. The first kappa shape index (κ1) is 14.7. The molecule has 0 spiro atoms. The van der Waals surface area contributed by atoms with E-state index in [4.69, 9.17) is 9.84 Å². The Balaban J connectivity index is 2.55. The van der Waals surface area contributed by atoms with E-state index in [0.717, 1.165) is 0 Å². The van der Waals surface area contributed by atoms with Crippen LogP contribution in [-0.4, -0.2) is 36.7 Å². The molecule has 5 heteroatoms. The number of esters is 1. The number of carbonyl (C=O) groups is 2. The topological polar surface area (TPSA) is 75.6 Å². The first-order valence-electron chi connectivity index (χ1n) is 5.81. The van der Waals surface area contributed by atoms with Crippen molar-refractivity contribution in [3.63, 3.8) is 0 Å². The number of nitrogens with one attached hydrogen (secondary N) is 1. The second-order valence-electron chi connectivity index (χ2n) is 3.52. The number of aliphatic hydroxyl groups excluding tert-OH is 1. The van der Waals surface area contributed by atoms with Crippen LogP contribution >= 0.6 is 0 Å². The van der Waals surface area contributed by atoms with E-state index in [1.165, 1.54) is 0 Å². The number of aliphatic hydroxyl groups is 1. The Kier molecular flexibility index (Phi) is 6.13. The van der Waals surface area contributed by atoms with Gasteiger partial charge in [-0.2, -0.15) is 0 Å². The molecular weight excluding hydrogens is 246 g/mol. The van der Waals surface area contributed by atoms with Crippen molar-refractivity contribution >= 4 is 11.9 Å². The van der Waals surface area contributed by atoms with E-state index in [2.05, 4.69) is 17.2 Å². The molecule has 100 valence electrons. The first-order chi connectivity index (χ1) is 9.17. The minimum atomic E-state index is -0.471. The number of ether oxygens (including phenoxy) is 1. The fourth-order valence-electron chi connectivity index (χ4n) is 1.31. The summed E-state index contributed by atoms with van der Waals surface area (Å²) in [6.45, 7) is 1.62. The molecule has 1 rings (SSSR count). The van der Waals surface area contributed by atoms with Crippen LogP contribution in [-0.2, 0) is 9.53 Å². The van der Waals surface area contributed by atoms with E-state index < -0.39 is 5.97 Å². The van der Waals surface area contributed by atoms with Crippen LogP contribution in [0.3, 0.4) is 0 Å². The van der Waals surface area contributed by atoms with E-state index in [1.807, 2.05) is 0 Å². The van der Waals surface area contributed by atoms with Gasteiger partial charge in [-0.3, -0.25) is 9.59 Å². The average molecular weight is 261 g/mol. The van der Waals surface area contributed by atoms with E-state index in [-0.39, 0.29) is 25.7 Å². The zero-order valence-electron chi connectivity index (χ0n) is 10.6. The molecule has 0 saturated heterocycles. The standard InChI is InChI=1S/C14H15NO4/c1-2-19-13(17)10-15-14(18)12-7-5-11(6-8-12)4-3-9-16/h5-8,16H,2,9-10H2,1H3,(H,15,18). The van der Waals surface area contributed by atoms with Crippen molar-refractivity contribution in [1.29, 1.82) is 0 Å². The highest BCUT2D eigenvalue weighted by atomic mass is 16.5. The number of hydrogen-bond donors (Lipinski definition) is 2. The van der Waals surface area contributed by atoms with Crippen molar-refractivity contribution in [2.45, 2.75) is 6.92 Å². The molecule has 1 aromatic rings. The van der Waals surface area contributed by atoms with Crippen molar-refractivity contribution in [2.75, 3.05) is 19.8 Å². The van der Waals surface area contributed by atoms with Gasteiger partial charge in [-0.1, -0.05) is 11.8 Å². The Hall–Kier alpha value is -2.32. The smallest absolute Gasteiger partial charge is 0.325 e. The molecule has 0 radical (unpaired) electrons. The summed E-state index contributed by atoms with van der Waals surface area (Å²) in [6, 6.07) is 6.54. The second-order valence-corrected chi connectivity index (χ2v) is 3.52. The van der Waals surface area contributed by atoms with Gasteiger partial charge in [-0.05, 0) is 31.2 Å². The highest BCUT2D eigenvalue weighted by Crippen LogP contribution is 2.03. The lowest BCUT2D eigenvalue weighted by molar-refractivity contribution is -0.141. The normalized spacial score (nSPS) is 9.16. The molecule has 0 bridgehead atoms. The summed E-state index contributed by atoms with van der Waals surface area (Å²) in [4.78, 5) is 22.8. The fraction of sp³-hybridized carbons (Fsp3) is 0.286. The van der Waals surface area contributed by atoms with Crippen LogP contribution in [0, 0.1) is 11.8 Å². The zero-order valence-corrected chi connectivity index (χ0v) is 10.6. The largest absolute Gasteiger partial charge is 0.465 e. The molecule has 19 heavy (non-hydrogen) atoms. The van der Waals surface area contributed by atoms with Gasteiger partial charge in [0, 0.05) is 11.1 Å². The molecule has 0 fully saturated rings. The van der Waals surface area contributed by atoms with Gasteiger partial charge in [0.1, 0.15) is 13.2 Å². The van der Waals surface area contributed by atoms with Crippen molar-refractivity contribution in [3.8, 4) is 11.8 Å². The number of carbonyl (C=O) groups excluding carboxylic acids is 2. The SMILES string of the molecule is CCOC(=O)CNC(=O)c1ccc(C#CCO)cc1. The van der Waals surface area contributed by atoms with Gasteiger partial charge in [0.05, 0.1) is 6.61 Å². The predicted molar refractivity (Wildman–Crippen MR) is 69.4 cm³/mol. The molecule has 2 N–H and O–H groups in total. The van der Waals surface area contributed by atoms with Crippen molar-refractivity contribution in [2.24, 2.45) is 0 Å². The quantitative estimate of drug-likeness (QED) is 0.604. The summed E-state index contributed by atoms with van der Waals surface area (Å²) >= 11 is 0. The van der Waals surface area contributed by atoms with Gasteiger partial charge < -0.3 is 15.2 Å². The lowest BCUT2D eigenvalue weighted by Crippen LogP contribution is -2.30. The molecule has 0 unspecified atom stereocenters. The van der Waals surface area contributed by atoms with E-state index in [0.29, 0.717) is 11.1 Å². The monoisotopic (exact) mass is 261 g/mol. The molecule has 5 nitrogen and oxygen atoms in total. The van der Waals surface area contributed by atoms with Crippen LogP contribution < -0.4 is 5.32 Å². The first-order valence-corrected chi connectivity index (χ1v) is 5.81.